The van der Waals surface area contributed by atoms with E-state index in [0.29, 0.717) is 0 Å². The van der Waals surface area contributed by atoms with Gasteiger partial charge in [0.15, 0.2) is 0 Å². The lowest BCUT2D eigenvalue weighted by Crippen LogP contribution is -2.23. The molecule has 0 saturated heterocycles. The van der Waals surface area contributed by atoms with E-state index in [1.54, 1.807) is 0 Å². The van der Waals surface area contributed by atoms with Crippen LogP contribution in [0, 0.1) is 0 Å². The molecular formula is C62H49N. The van der Waals surface area contributed by atoms with Crippen LogP contribution in [0.2, 0.25) is 0 Å². The third-order valence-electron chi connectivity index (χ3n) is 15.0. The Kier molecular flexibility index (Phi) is 8.13. The fourth-order valence-electron chi connectivity index (χ4n) is 11.8. The summed E-state index contributed by atoms with van der Waals surface area (Å²) in [6, 6.07) is 77.4. The van der Waals surface area contributed by atoms with Crippen molar-refractivity contribution in [2.75, 3.05) is 4.90 Å². The van der Waals surface area contributed by atoms with Crippen LogP contribution in [-0.2, 0) is 16.2 Å². The van der Waals surface area contributed by atoms with Gasteiger partial charge in [-0.15, -0.1) is 0 Å². The van der Waals surface area contributed by atoms with Crippen molar-refractivity contribution < 1.29 is 0 Å². The van der Waals surface area contributed by atoms with E-state index in [4.69, 9.17) is 0 Å². The third-order valence-corrected chi connectivity index (χ3v) is 15.0. The first-order valence-corrected chi connectivity index (χ1v) is 22.4. The van der Waals surface area contributed by atoms with Gasteiger partial charge in [0.2, 0.25) is 0 Å². The molecule has 1 heteroatoms. The molecule has 9 aromatic carbocycles. The molecule has 1 unspecified atom stereocenters. The lowest BCUT2D eigenvalue weighted by atomic mass is 9.74. The Labute approximate surface area is 372 Å². The van der Waals surface area contributed by atoms with Crippen LogP contribution < -0.4 is 4.90 Å². The van der Waals surface area contributed by atoms with Crippen molar-refractivity contribution in [1.82, 2.24) is 0 Å². The highest BCUT2D eigenvalue weighted by Crippen LogP contribution is 2.57. The van der Waals surface area contributed by atoms with Crippen molar-refractivity contribution in [2.45, 2.75) is 50.9 Å². The minimum absolute atomic E-state index is 0.0581. The van der Waals surface area contributed by atoms with Crippen LogP contribution in [0.1, 0.15) is 73.6 Å². The van der Waals surface area contributed by atoms with Crippen LogP contribution in [0.4, 0.5) is 17.1 Å². The van der Waals surface area contributed by atoms with E-state index in [0.717, 1.165) is 17.1 Å². The molecule has 1 atom stereocenters. The summed E-state index contributed by atoms with van der Waals surface area (Å²) in [7, 11) is 0. The molecule has 1 nitrogen and oxygen atoms in total. The standard InChI is InChI=1S/C62H49N/c1-60(2)53-26-13-9-20-45(53)48-36-32-41(38-56(48)60)40-30-33-43(34-31-40)63(44-35-37-49-46-21-11-15-28-55(46)62(5,57(49)39-44)42-18-7-6-8-19-42)58-29-16-12-23-50(58)52-25-17-24-51-47-22-10-14-27-54(47)61(3,4)59(51)52/h6-39H,1-5H3. The van der Waals surface area contributed by atoms with E-state index < -0.39 is 0 Å². The van der Waals surface area contributed by atoms with Gasteiger partial charge in [-0.2, -0.15) is 0 Å². The largest absolute Gasteiger partial charge is 0.310 e. The number of hydrogen-bond acceptors (Lipinski definition) is 1. The minimum atomic E-state index is -0.324. The smallest absolute Gasteiger partial charge is 0.0540 e. The molecule has 0 amide bonds. The van der Waals surface area contributed by atoms with E-state index >= 15 is 0 Å². The molecule has 9 aromatic rings. The fourth-order valence-corrected chi connectivity index (χ4v) is 11.8. The monoisotopic (exact) mass is 807 g/mol. The molecule has 3 aliphatic rings. The molecule has 302 valence electrons. The first-order valence-electron chi connectivity index (χ1n) is 22.4. The summed E-state index contributed by atoms with van der Waals surface area (Å²) in [6.45, 7) is 11.9. The zero-order valence-electron chi connectivity index (χ0n) is 36.6. The van der Waals surface area contributed by atoms with Gasteiger partial charge in [0.05, 0.1) is 5.69 Å². The van der Waals surface area contributed by atoms with Gasteiger partial charge in [-0.05, 0) is 132 Å². The van der Waals surface area contributed by atoms with Crippen LogP contribution in [0.15, 0.2) is 206 Å². The van der Waals surface area contributed by atoms with Crippen molar-refractivity contribution in [2.24, 2.45) is 0 Å². The first-order chi connectivity index (χ1) is 30.7. The lowest BCUT2D eigenvalue weighted by molar-refractivity contribution is 0.660. The number of rotatable bonds is 6. The maximum Gasteiger partial charge on any atom is 0.0540 e. The van der Waals surface area contributed by atoms with Gasteiger partial charge in [-0.3, -0.25) is 0 Å². The Balaban J connectivity index is 1.04. The number of hydrogen-bond donors (Lipinski definition) is 0. The number of anilines is 3. The fraction of sp³-hybridized carbons (Fsp3) is 0.129. The van der Waals surface area contributed by atoms with E-state index in [1.165, 1.54) is 94.6 Å². The summed E-state index contributed by atoms with van der Waals surface area (Å²) < 4.78 is 0. The molecule has 0 spiro atoms. The highest BCUT2D eigenvalue weighted by Gasteiger charge is 2.42. The molecule has 0 heterocycles. The second-order valence-electron chi connectivity index (χ2n) is 19.0. The molecule has 0 fully saturated rings. The van der Waals surface area contributed by atoms with Crippen molar-refractivity contribution in [3.63, 3.8) is 0 Å². The van der Waals surface area contributed by atoms with Crippen LogP contribution in [0.5, 0.6) is 0 Å². The summed E-state index contributed by atoms with van der Waals surface area (Å²) in [5, 5.41) is 0. The molecule has 63 heavy (non-hydrogen) atoms. The number of benzene rings is 9. The summed E-state index contributed by atoms with van der Waals surface area (Å²) in [5.41, 5.74) is 25.3. The van der Waals surface area contributed by atoms with Crippen molar-refractivity contribution >= 4 is 17.1 Å². The van der Waals surface area contributed by atoms with Gasteiger partial charge in [0.1, 0.15) is 0 Å². The number of nitrogens with zero attached hydrogens (tertiary/aromatic N) is 1. The van der Waals surface area contributed by atoms with Gasteiger partial charge in [-0.1, -0.05) is 198 Å². The van der Waals surface area contributed by atoms with E-state index in [1.807, 2.05) is 0 Å². The van der Waals surface area contributed by atoms with Crippen LogP contribution in [0.3, 0.4) is 0 Å². The molecule has 12 rings (SSSR count). The normalized spacial score (nSPS) is 16.7. The molecular weight excluding hydrogens is 759 g/mol. The Hall–Kier alpha value is -7.22. The highest BCUT2D eigenvalue weighted by molar-refractivity contribution is 5.96. The average molecular weight is 808 g/mol. The summed E-state index contributed by atoms with van der Waals surface area (Å²) in [4.78, 5) is 2.50. The summed E-state index contributed by atoms with van der Waals surface area (Å²) >= 11 is 0. The topological polar surface area (TPSA) is 3.24 Å². The predicted molar refractivity (Wildman–Crippen MR) is 265 cm³/mol. The van der Waals surface area contributed by atoms with Crippen LogP contribution >= 0.6 is 0 Å². The zero-order chi connectivity index (χ0) is 42.7. The van der Waals surface area contributed by atoms with Gasteiger partial charge in [-0.25, -0.2) is 0 Å². The number of para-hydroxylation sites is 1. The van der Waals surface area contributed by atoms with Gasteiger partial charge < -0.3 is 4.90 Å². The second kappa shape index (κ2) is 13.6. The Morgan fingerprint density at radius 2 is 0.778 bits per heavy atom. The molecule has 0 aromatic heterocycles. The van der Waals surface area contributed by atoms with Crippen LogP contribution in [-0.4, -0.2) is 0 Å². The predicted octanol–water partition coefficient (Wildman–Crippen LogP) is 16.4. The van der Waals surface area contributed by atoms with Crippen LogP contribution in [0.25, 0.3) is 55.6 Å². The first kappa shape index (κ1) is 37.5. The third kappa shape index (κ3) is 5.36. The summed E-state index contributed by atoms with van der Waals surface area (Å²) in [5.74, 6) is 0. The highest BCUT2D eigenvalue weighted by atomic mass is 15.1. The van der Waals surface area contributed by atoms with E-state index in [2.05, 4.69) is 246 Å². The Morgan fingerprint density at radius 3 is 1.49 bits per heavy atom. The second-order valence-corrected chi connectivity index (χ2v) is 19.0. The van der Waals surface area contributed by atoms with E-state index in [-0.39, 0.29) is 16.2 Å². The zero-order valence-corrected chi connectivity index (χ0v) is 36.6. The van der Waals surface area contributed by atoms with Crippen molar-refractivity contribution in [3.8, 4) is 55.6 Å². The van der Waals surface area contributed by atoms with Crippen molar-refractivity contribution in [3.05, 3.63) is 245 Å². The van der Waals surface area contributed by atoms with Gasteiger partial charge in [0, 0.05) is 33.2 Å². The molecule has 0 aliphatic heterocycles. The van der Waals surface area contributed by atoms with Gasteiger partial charge >= 0.3 is 0 Å². The SMILES string of the molecule is CC1(C)c2ccccc2-c2ccc(-c3ccc(N(c4ccc5c(c4)C(C)(c4ccccc4)c4ccccc4-5)c4ccccc4-c4cccc5c4C(C)(C)c4ccccc4-5)cc3)cc21. The summed E-state index contributed by atoms with van der Waals surface area (Å²) in [6.07, 6.45) is 0. The average Bonchev–Trinajstić information content (AvgIpc) is 3.83. The Morgan fingerprint density at radius 1 is 0.302 bits per heavy atom. The molecule has 0 saturated carbocycles. The quantitative estimate of drug-likeness (QED) is 0.162. The van der Waals surface area contributed by atoms with E-state index in [9.17, 15) is 0 Å². The van der Waals surface area contributed by atoms with Crippen molar-refractivity contribution in [1.29, 1.82) is 0 Å². The maximum absolute atomic E-state index is 2.50. The molecule has 0 N–H and O–H groups in total. The Bertz CT molecular complexity index is 3290. The molecule has 0 bridgehead atoms. The molecule has 0 radical (unpaired) electrons. The van der Waals surface area contributed by atoms with Gasteiger partial charge in [0.25, 0.3) is 0 Å². The minimum Gasteiger partial charge on any atom is -0.310 e. The lowest BCUT2D eigenvalue weighted by Gasteiger charge is -2.32. The maximum atomic E-state index is 2.50. The molecule has 3 aliphatic carbocycles. The number of fused-ring (bicyclic) bond motifs is 9.